The van der Waals surface area contributed by atoms with Crippen LogP contribution in [-0.2, 0) is 33.2 Å². The number of unbranched alkanes of at least 4 members (excludes halogenated alkanes) is 6. The lowest BCUT2D eigenvalue weighted by atomic mass is 10.1. The van der Waals surface area contributed by atoms with Crippen LogP contribution in [-0.4, -0.2) is 84.5 Å². The Kier molecular flexibility index (Phi) is 26.2. The fraction of sp³-hybridized carbons (Fsp3) is 0.955. The van der Waals surface area contributed by atoms with Crippen LogP contribution < -0.4 is 0 Å². The van der Waals surface area contributed by atoms with Crippen molar-refractivity contribution in [3.63, 3.8) is 0 Å². The van der Waals surface area contributed by atoms with Crippen molar-refractivity contribution in [3.05, 3.63) is 0 Å². The van der Waals surface area contributed by atoms with Crippen molar-refractivity contribution in [1.82, 2.24) is 0 Å². The predicted octanol–water partition coefficient (Wildman–Crippen LogP) is 3.99. The highest BCUT2D eigenvalue weighted by molar-refractivity contribution is 6.17. The average Bonchev–Trinajstić information content (AvgIpc) is 2.75. The minimum absolute atomic E-state index is 0.132. The van der Waals surface area contributed by atoms with Crippen LogP contribution in [0.3, 0.4) is 0 Å². The highest BCUT2D eigenvalue weighted by Crippen LogP contribution is 2.08. The van der Waals surface area contributed by atoms with E-state index in [0.717, 1.165) is 12.8 Å². The Morgan fingerprint density at radius 2 is 0.967 bits per heavy atom. The summed E-state index contributed by atoms with van der Waals surface area (Å²) in [7, 11) is 0. The second-order valence-corrected chi connectivity index (χ2v) is 7.22. The topological polar surface area (TPSA) is 72.5 Å². The molecule has 0 radical (unpaired) electrons. The normalized spacial score (nSPS) is 11.1. The molecule has 30 heavy (non-hydrogen) atoms. The van der Waals surface area contributed by atoms with Crippen LogP contribution in [0.2, 0.25) is 0 Å². The molecule has 0 aromatic carbocycles. The summed E-state index contributed by atoms with van der Waals surface area (Å²) in [5.41, 5.74) is 0. The molecule has 0 rings (SSSR count). The molecule has 0 aliphatic rings. The third kappa shape index (κ3) is 25.6. The summed E-state index contributed by atoms with van der Waals surface area (Å²) in [6.07, 6.45) is 8.87. The molecular formula is C22H43ClO7. The molecular weight excluding hydrogens is 412 g/mol. The van der Waals surface area contributed by atoms with E-state index in [1.54, 1.807) is 0 Å². The van der Waals surface area contributed by atoms with Crippen LogP contribution in [0.5, 0.6) is 0 Å². The lowest BCUT2D eigenvalue weighted by Crippen LogP contribution is -2.15. The van der Waals surface area contributed by atoms with Crippen molar-refractivity contribution < 1.29 is 33.2 Å². The summed E-state index contributed by atoms with van der Waals surface area (Å²) < 4.78 is 31.8. The zero-order chi connectivity index (χ0) is 22.0. The predicted molar refractivity (Wildman–Crippen MR) is 118 cm³/mol. The van der Waals surface area contributed by atoms with Gasteiger partial charge in [-0.25, -0.2) is 0 Å². The van der Waals surface area contributed by atoms with Crippen molar-refractivity contribution in [2.75, 3.05) is 78.6 Å². The Hall–Kier alpha value is -0.440. The molecule has 0 N–H and O–H groups in total. The molecule has 8 heteroatoms. The Bertz CT molecular complexity index is 345. The first-order chi connectivity index (χ1) is 14.8. The fourth-order valence-corrected chi connectivity index (χ4v) is 2.66. The first kappa shape index (κ1) is 29.6. The molecule has 0 spiro atoms. The van der Waals surface area contributed by atoms with E-state index in [4.69, 9.17) is 40.0 Å². The molecule has 0 aliphatic carbocycles. The maximum absolute atomic E-state index is 11.6. The lowest BCUT2D eigenvalue weighted by molar-refractivity contribution is -0.145. The number of esters is 1. The summed E-state index contributed by atoms with van der Waals surface area (Å²) >= 11 is 5.49. The van der Waals surface area contributed by atoms with E-state index < -0.39 is 0 Å². The minimum Gasteiger partial charge on any atom is -0.463 e. The summed E-state index contributed by atoms with van der Waals surface area (Å²) in [5.74, 6) is 0.369. The standard InChI is InChI=1S/C22H43ClO7/c1-2-3-4-5-6-7-8-9-22(24)30-21-20-29-19-18-28-17-16-27-15-14-26-13-12-25-11-10-23/h2-21H2,1H3. The first-order valence-corrected chi connectivity index (χ1v) is 11.9. The summed E-state index contributed by atoms with van der Waals surface area (Å²) in [6, 6.07) is 0. The number of ether oxygens (including phenoxy) is 6. The molecule has 0 saturated heterocycles. The summed E-state index contributed by atoms with van der Waals surface area (Å²) in [6.45, 7) is 7.60. The Balaban J connectivity index is 3.11. The number of carbonyl (C=O) groups excluding carboxylic acids is 1. The van der Waals surface area contributed by atoms with Crippen LogP contribution in [0.4, 0.5) is 0 Å². The molecule has 0 heterocycles. The highest BCUT2D eigenvalue weighted by atomic mass is 35.5. The van der Waals surface area contributed by atoms with Crippen LogP contribution >= 0.6 is 11.6 Å². The monoisotopic (exact) mass is 454 g/mol. The maximum atomic E-state index is 11.6. The molecule has 0 aromatic heterocycles. The van der Waals surface area contributed by atoms with Crippen molar-refractivity contribution >= 4 is 17.6 Å². The smallest absolute Gasteiger partial charge is 0.305 e. The van der Waals surface area contributed by atoms with E-state index in [1.165, 1.54) is 32.1 Å². The summed E-state index contributed by atoms with van der Waals surface area (Å²) in [4.78, 5) is 11.6. The molecule has 0 aliphatic heterocycles. The molecule has 0 saturated carbocycles. The molecule has 0 aromatic rings. The van der Waals surface area contributed by atoms with E-state index in [9.17, 15) is 4.79 Å². The molecule has 7 nitrogen and oxygen atoms in total. The van der Waals surface area contributed by atoms with Gasteiger partial charge in [0, 0.05) is 12.3 Å². The fourth-order valence-electron chi connectivity index (χ4n) is 2.55. The second-order valence-electron chi connectivity index (χ2n) is 6.84. The SMILES string of the molecule is CCCCCCCCCC(=O)OCCOCCOCCOCCOCCOCCCl. The second kappa shape index (κ2) is 26.6. The zero-order valence-corrected chi connectivity index (χ0v) is 19.6. The van der Waals surface area contributed by atoms with Gasteiger partial charge in [-0.15, -0.1) is 11.6 Å². The number of carbonyl (C=O) groups is 1. The Labute approximate surface area is 188 Å². The van der Waals surface area contributed by atoms with Gasteiger partial charge in [0.2, 0.25) is 0 Å². The average molecular weight is 455 g/mol. The third-order valence-corrected chi connectivity index (χ3v) is 4.34. The van der Waals surface area contributed by atoms with Gasteiger partial charge in [0.25, 0.3) is 0 Å². The third-order valence-electron chi connectivity index (χ3n) is 4.18. The van der Waals surface area contributed by atoms with E-state index in [-0.39, 0.29) is 5.97 Å². The van der Waals surface area contributed by atoms with Crippen molar-refractivity contribution in [2.24, 2.45) is 0 Å². The van der Waals surface area contributed by atoms with Crippen molar-refractivity contribution in [1.29, 1.82) is 0 Å². The number of hydrogen-bond donors (Lipinski definition) is 0. The van der Waals surface area contributed by atoms with Crippen LogP contribution in [0.1, 0.15) is 58.3 Å². The van der Waals surface area contributed by atoms with Gasteiger partial charge in [-0.2, -0.15) is 0 Å². The quantitative estimate of drug-likeness (QED) is 0.117. The molecule has 0 bridgehead atoms. The number of halogens is 1. The van der Waals surface area contributed by atoms with Crippen molar-refractivity contribution in [2.45, 2.75) is 58.3 Å². The van der Waals surface area contributed by atoms with Gasteiger partial charge in [0.05, 0.1) is 66.1 Å². The largest absolute Gasteiger partial charge is 0.463 e. The van der Waals surface area contributed by atoms with Crippen LogP contribution in [0.15, 0.2) is 0 Å². The van der Waals surface area contributed by atoms with Gasteiger partial charge in [-0.1, -0.05) is 45.4 Å². The zero-order valence-electron chi connectivity index (χ0n) is 18.9. The minimum atomic E-state index is -0.132. The van der Waals surface area contributed by atoms with E-state index in [0.29, 0.717) is 85.0 Å². The molecule has 0 fully saturated rings. The van der Waals surface area contributed by atoms with Gasteiger partial charge in [0.15, 0.2) is 0 Å². The van der Waals surface area contributed by atoms with Gasteiger partial charge in [-0.3, -0.25) is 4.79 Å². The highest BCUT2D eigenvalue weighted by Gasteiger charge is 2.02. The number of rotatable bonds is 25. The molecule has 180 valence electrons. The first-order valence-electron chi connectivity index (χ1n) is 11.4. The van der Waals surface area contributed by atoms with Crippen LogP contribution in [0.25, 0.3) is 0 Å². The number of alkyl halides is 1. The Morgan fingerprint density at radius 1 is 0.567 bits per heavy atom. The van der Waals surface area contributed by atoms with E-state index in [1.807, 2.05) is 0 Å². The van der Waals surface area contributed by atoms with Gasteiger partial charge >= 0.3 is 5.97 Å². The molecule has 0 unspecified atom stereocenters. The van der Waals surface area contributed by atoms with Crippen LogP contribution in [0, 0.1) is 0 Å². The van der Waals surface area contributed by atoms with Gasteiger partial charge in [0.1, 0.15) is 6.61 Å². The van der Waals surface area contributed by atoms with E-state index in [2.05, 4.69) is 6.92 Å². The molecule has 0 amide bonds. The maximum Gasteiger partial charge on any atom is 0.305 e. The molecule has 0 atom stereocenters. The van der Waals surface area contributed by atoms with E-state index >= 15 is 0 Å². The summed E-state index contributed by atoms with van der Waals surface area (Å²) in [5, 5.41) is 0. The van der Waals surface area contributed by atoms with Gasteiger partial charge in [-0.05, 0) is 6.42 Å². The number of hydrogen-bond acceptors (Lipinski definition) is 7. The van der Waals surface area contributed by atoms with Gasteiger partial charge < -0.3 is 28.4 Å². The van der Waals surface area contributed by atoms with Crippen molar-refractivity contribution in [3.8, 4) is 0 Å². The lowest BCUT2D eigenvalue weighted by Gasteiger charge is -2.08. The Morgan fingerprint density at radius 3 is 1.43 bits per heavy atom.